The molecule has 0 radical (unpaired) electrons. The van der Waals surface area contributed by atoms with Crippen LogP contribution in [0.3, 0.4) is 0 Å². The van der Waals surface area contributed by atoms with Crippen molar-refractivity contribution >= 4 is 10.0 Å². The van der Waals surface area contributed by atoms with Gasteiger partial charge in [0.05, 0.1) is 11.3 Å². The molecule has 1 saturated carbocycles. The molecule has 3 rings (SSSR count). The van der Waals surface area contributed by atoms with Gasteiger partial charge in [-0.05, 0) is 62.9 Å². The maximum Gasteiger partial charge on any atom is 0.214 e. The predicted octanol–water partition coefficient (Wildman–Crippen LogP) is 4.91. The second-order valence-corrected chi connectivity index (χ2v) is 9.58. The van der Waals surface area contributed by atoms with Crippen LogP contribution in [0.4, 0.5) is 4.39 Å². The van der Waals surface area contributed by atoms with Crippen molar-refractivity contribution in [1.29, 1.82) is 0 Å². The summed E-state index contributed by atoms with van der Waals surface area (Å²) in [5.74, 6) is 1.32. The second-order valence-electron chi connectivity index (χ2n) is 7.31. The number of para-hydroxylation sites is 1. The molecule has 2 aromatic carbocycles. The topological polar surface area (TPSA) is 55.4 Å². The van der Waals surface area contributed by atoms with Gasteiger partial charge in [-0.25, -0.2) is 17.5 Å². The Hall–Kier alpha value is -1.92. The molecule has 0 saturated heterocycles. The van der Waals surface area contributed by atoms with Gasteiger partial charge in [-0.1, -0.05) is 36.8 Å². The Morgan fingerprint density at radius 3 is 2.30 bits per heavy atom. The normalized spacial score (nSPS) is 23.3. The zero-order valence-corrected chi connectivity index (χ0v) is 16.5. The SMILES string of the molecule is CC(C)S(=O)(=O)N[C@@H]1CCCC[C@]1(F)c1ccc(Oc2ccccc2)cc1. The highest BCUT2D eigenvalue weighted by molar-refractivity contribution is 7.90. The van der Waals surface area contributed by atoms with Gasteiger partial charge in [-0.3, -0.25) is 0 Å². The molecular formula is C21H26FNO3S. The summed E-state index contributed by atoms with van der Waals surface area (Å²) in [5.41, 5.74) is -1.23. The molecule has 1 fully saturated rings. The minimum Gasteiger partial charge on any atom is -0.457 e. The van der Waals surface area contributed by atoms with Crippen LogP contribution in [-0.4, -0.2) is 19.7 Å². The molecule has 0 spiro atoms. The van der Waals surface area contributed by atoms with Crippen LogP contribution in [0.2, 0.25) is 0 Å². The number of alkyl halides is 1. The Morgan fingerprint density at radius 1 is 1.04 bits per heavy atom. The summed E-state index contributed by atoms with van der Waals surface area (Å²) in [7, 11) is -3.54. The number of nitrogens with one attached hydrogen (secondary N) is 1. The lowest BCUT2D eigenvalue weighted by atomic mass is 9.77. The van der Waals surface area contributed by atoms with Crippen LogP contribution < -0.4 is 9.46 Å². The van der Waals surface area contributed by atoms with Crippen LogP contribution in [0.5, 0.6) is 11.5 Å². The lowest BCUT2D eigenvalue weighted by Crippen LogP contribution is -2.51. The van der Waals surface area contributed by atoms with E-state index in [1.54, 1.807) is 38.1 Å². The van der Waals surface area contributed by atoms with Gasteiger partial charge in [0, 0.05) is 0 Å². The van der Waals surface area contributed by atoms with Crippen LogP contribution in [0.25, 0.3) is 0 Å². The zero-order valence-electron chi connectivity index (χ0n) is 15.7. The van der Waals surface area contributed by atoms with E-state index < -0.39 is 27.0 Å². The standard InChI is InChI=1S/C21H26FNO3S/c1-16(2)27(24,25)23-20-10-6-7-15-21(20,22)17-11-13-19(14-12-17)26-18-8-4-3-5-9-18/h3-5,8-9,11-14,16,20,23H,6-7,10,15H2,1-2H3/t20-,21+/m1/s1. The van der Waals surface area contributed by atoms with Crippen molar-refractivity contribution in [2.45, 2.75) is 56.5 Å². The Labute approximate surface area is 160 Å². The molecule has 1 aliphatic rings. The van der Waals surface area contributed by atoms with Gasteiger partial charge in [0.1, 0.15) is 11.5 Å². The van der Waals surface area contributed by atoms with E-state index in [4.69, 9.17) is 4.74 Å². The van der Waals surface area contributed by atoms with Gasteiger partial charge in [-0.2, -0.15) is 0 Å². The summed E-state index contributed by atoms with van der Waals surface area (Å²) in [6.07, 6.45) is 2.34. The van der Waals surface area contributed by atoms with Crippen LogP contribution in [0.1, 0.15) is 45.1 Å². The predicted molar refractivity (Wildman–Crippen MR) is 105 cm³/mol. The number of hydrogen-bond donors (Lipinski definition) is 1. The highest BCUT2D eigenvalue weighted by atomic mass is 32.2. The molecule has 1 N–H and O–H groups in total. The maximum absolute atomic E-state index is 16.0. The van der Waals surface area contributed by atoms with Crippen molar-refractivity contribution in [1.82, 2.24) is 4.72 Å². The van der Waals surface area contributed by atoms with Gasteiger partial charge in [0.2, 0.25) is 10.0 Å². The Balaban J connectivity index is 1.81. The molecule has 0 amide bonds. The van der Waals surface area contributed by atoms with E-state index in [-0.39, 0.29) is 0 Å². The summed E-state index contributed by atoms with van der Waals surface area (Å²) in [6.45, 7) is 3.20. The first-order valence-electron chi connectivity index (χ1n) is 9.35. The highest BCUT2D eigenvalue weighted by Gasteiger charge is 2.44. The van der Waals surface area contributed by atoms with E-state index in [2.05, 4.69) is 4.72 Å². The van der Waals surface area contributed by atoms with Crippen LogP contribution in [0.15, 0.2) is 54.6 Å². The third-order valence-corrected chi connectivity index (χ3v) is 6.93. The summed E-state index contributed by atoms with van der Waals surface area (Å²) >= 11 is 0. The smallest absolute Gasteiger partial charge is 0.214 e. The van der Waals surface area contributed by atoms with Crippen molar-refractivity contribution < 1.29 is 17.5 Å². The lowest BCUT2D eigenvalue weighted by Gasteiger charge is -2.38. The summed E-state index contributed by atoms with van der Waals surface area (Å²) in [6, 6.07) is 15.5. The van der Waals surface area contributed by atoms with E-state index in [1.165, 1.54) is 0 Å². The van der Waals surface area contributed by atoms with Gasteiger partial charge >= 0.3 is 0 Å². The van der Waals surface area contributed by atoms with Crippen molar-refractivity contribution in [3.63, 3.8) is 0 Å². The molecule has 0 bridgehead atoms. The van der Waals surface area contributed by atoms with E-state index in [9.17, 15) is 8.42 Å². The molecule has 2 aromatic rings. The highest BCUT2D eigenvalue weighted by Crippen LogP contribution is 2.42. The summed E-state index contributed by atoms with van der Waals surface area (Å²) in [4.78, 5) is 0. The second kappa shape index (κ2) is 7.98. The first kappa shape index (κ1) is 19.8. The third-order valence-electron chi connectivity index (χ3n) is 5.08. The fourth-order valence-electron chi connectivity index (χ4n) is 3.39. The van der Waals surface area contributed by atoms with Gasteiger partial charge in [0.15, 0.2) is 5.67 Å². The largest absolute Gasteiger partial charge is 0.457 e. The van der Waals surface area contributed by atoms with Crippen LogP contribution in [-0.2, 0) is 15.7 Å². The molecule has 0 aliphatic heterocycles. The van der Waals surface area contributed by atoms with E-state index in [1.807, 2.05) is 30.3 Å². The Kier molecular flexibility index (Phi) is 5.86. The molecule has 0 unspecified atom stereocenters. The number of rotatable bonds is 6. The van der Waals surface area contributed by atoms with Crippen molar-refractivity contribution in [3.8, 4) is 11.5 Å². The Morgan fingerprint density at radius 2 is 1.67 bits per heavy atom. The number of sulfonamides is 1. The fraction of sp³-hybridized carbons (Fsp3) is 0.429. The molecule has 2 atom stereocenters. The van der Waals surface area contributed by atoms with Crippen LogP contribution in [0, 0.1) is 0 Å². The minimum absolute atomic E-state index is 0.303. The molecule has 27 heavy (non-hydrogen) atoms. The number of ether oxygens (including phenoxy) is 1. The summed E-state index contributed by atoms with van der Waals surface area (Å²) in [5, 5.41) is -0.592. The third kappa shape index (κ3) is 4.50. The molecule has 6 heteroatoms. The van der Waals surface area contributed by atoms with E-state index in [0.29, 0.717) is 29.9 Å². The zero-order chi connectivity index (χ0) is 19.5. The van der Waals surface area contributed by atoms with Crippen LogP contribution >= 0.6 is 0 Å². The maximum atomic E-state index is 16.0. The van der Waals surface area contributed by atoms with Gasteiger partial charge in [0.25, 0.3) is 0 Å². The number of hydrogen-bond acceptors (Lipinski definition) is 3. The average Bonchev–Trinajstić information content (AvgIpc) is 2.65. The molecule has 0 heterocycles. The molecule has 4 nitrogen and oxygen atoms in total. The summed E-state index contributed by atoms with van der Waals surface area (Å²) < 4.78 is 48.9. The Bertz CT molecular complexity index is 853. The monoisotopic (exact) mass is 391 g/mol. The van der Waals surface area contributed by atoms with Crippen molar-refractivity contribution in [2.24, 2.45) is 0 Å². The van der Waals surface area contributed by atoms with Crippen molar-refractivity contribution in [3.05, 3.63) is 60.2 Å². The number of benzene rings is 2. The van der Waals surface area contributed by atoms with Gasteiger partial charge in [-0.15, -0.1) is 0 Å². The molecule has 0 aromatic heterocycles. The van der Waals surface area contributed by atoms with Gasteiger partial charge < -0.3 is 4.74 Å². The quantitative estimate of drug-likeness (QED) is 0.761. The van der Waals surface area contributed by atoms with Crippen molar-refractivity contribution in [2.75, 3.05) is 0 Å². The average molecular weight is 392 g/mol. The minimum atomic E-state index is -3.54. The molecule has 146 valence electrons. The lowest BCUT2D eigenvalue weighted by molar-refractivity contribution is 0.0712. The molecular weight excluding hydrogens is 365 g/mol. The first-order valence-corrected chi connectivity index (χ1v) is 10.9. The van der Waals surface area contributed by atoms with E-state index in [0.717, 1.165) is 12.8 Å². The van der Waals surface area contributed by atoms with E-state index >= 15 is 4.39 Å². The number of halogens is 1. The molecule has 1 aliphatic carbocycles. The first-order chi connectivity index (χ1) is 12.8. The fourth-order valence-corrected chi connectivity index (χ4v) is 4.36.